The molecule has 2 amide bonds. The van der Waals surface area contributed by atoms with Crippen molar-refractivity contribution in [3.8, 4) is 11.3 Å². The van der Waals surface area contributed by atoms with Crippen LogP contribution in [0.2, 0.25) is 0 Å². The van der Waals surface area contributed by atoms with Gasteiger partial charge in [-0.05, 0) is 38.5 Å². The number of ether oxygens (including phenoxy) is 1. The zero-order valence-corrected chi connectivity index (χ0v) is 18.6. The zero-order chi connectivity index (χ0) is 24.0. The number of amides is 2. The van der Waals surface area contributed by atoms with E-state index in [1.165, 1.54) is 30.6 Å². The zero-order valence-electron chi connectivity index (χ0n) is 18.6. The average molecular weight is 448 g/mol. The molecule has 0 aliphatic carbocycles. The standard InChI is InChI=1S/C25H25FN4O3/c1-25(2,3)33-24(32)30-19-10-9-17(18(22(19)26)15-16-7-5-4-6-8-16)23-20(11-12-21(27)31)28-13-14-29-23/h4-14H,15H2,1-3H3,(H2,27,31)(H,30,32)/b12-11+. The van der Waals surface area contributed by atoms with Crippen LogP contribution in [0, 0.1) is 5.82 Å². The SMILES string of the molecule is CC(C)(C)OC(=O)Nc1ccc(-c2nccnc2/C=C/C(N)=O)c(Cc2ccccc2)c1F. The Morgan fingerprint density at radius 3 is 2.45 bits per heavy atom. The minimum absolute atomic E-state index is 0.0166. The summed E-state index contributed by atoms with van der Waals surface area (Å²) >= 11 is 0. The third kappa shape index (κ3) is 6.46. The summed E-state index contributed by atoms with van der Waals surface area (Å²) in [5, 5.41) is 2.48. The second-order valence-corrected chi connectivity index (χ2v) is 8.27. The molecule has 0 bridgehead atoms. The summed E-state index contributed by atoms with van der Waals surface area (Å²) in [5.41, 5.74) is 6.85. The van der Waals surface area contributed by atoms with Gasteiger partial charge in [-0.3, -0.25) is 20.1 Å². The van der Waals surface area contributed by atoms with E-state index in [4.69, 9.17) is 10.5 Å². The van der Waals surface area contributed by atoms with Crippen molar-refractivity contribution in [3.63, 3.8) is 0 Å². The Hall–Kier alpha value is -4.07. The van der Waals surface area contributed by atoms with E-state index in [0.29, 0.717) is 22.5 Å². The van der Waals surface area contributed by atoms with E-state index in [9.17, 15) is 9.59 Å². The molecule has 0 unspecified atom stereocenters. The van der Waals surface area contributed by atoms with Gasteiger partial charge in [0.05, 0.1) is 17.1 Å². The van der Waals surface area contributed by atoms with Gasteiger partial charge in [0.1, 0.15) is 5.60 Å². The summed E-state index contributed by atoms with van der Waals surface area (Å²) in [5.74, 6) is -1.25. The molecule has 0 saturated heterocycles. The molecule has 2 aromatic carbocycles. The Labute approximate surface area is 191 Å². The minimum atomic E-state index is -0.760. The molecular formula is C25H25FN4O3. The highest BCUT2D eigenvalue weighted by Gasteiger charge is 2.21. The predicted molar refractivity (Wildman–Crippen MR) is 125 cm³/mol. The number of nitrogens with two attached hydrogens (primary N) is 1. The number of anilines is 1. The molecule has 170 valence electrons. The van der Waals surface area contributed by atoms with Gasteiger partial charge >= 0.3 is 6.09 Å². The fourth-order valence-electron chi connectivity index (χ4n) is 3.17. The summed E-state index contributed by atoms with van der Waals surface area (Å²) in [7, 11) is 0. The van der Waals surface area contributed by atoms with Crippen LogP contribution >= 0.6 is 0 Å². The van der Waals surface area contributed by atoms with Crippen molar-refractivity contribution in [1.82, 2.24) is 9.97 Å². The van der Waals surface area contributed by atoms with Crippen LogP contribution in [0.4, 0.5) is 14.9 Å². The van der Waals surface area contributed by atoms with Crippen LogP contribution in [0.15, 0.2) is 60.9 Å². The molecular weight excluding hydrogens is 423 g/mol. The largest absolute Gasteiger partial charge is 0.444 e. The molecule has 7 nitrogen and oxygen atoms in total. The van der Waals surface area contributed by atoms with Gasteiger partial charge in [0.25, 0.3) is 0 Å². The van der Waals surface area contributed by atoms with Crippen LogP contribution in [0.1, 0.15) is 37.6 Å². The van der Waals surface area contributed by atoms with Crippen molar-refractivity contribution in [2.45, 2.75) is 32.8 Å². The molecule has 0 atom stereocenters. The number of carbonyl (C=O) groups excluding carboxylic acids is 2. The third-order valence-corrected chi connectivity index (χ3v) is 4.49. The molecule has 8 heteroatoms. The van der Waals surface area contributed by atoms with Crippen molar-refractivity contribution >= 4 is 23.8 Å². The Morgan fingerprint density at radius 2 is 1.79 bits per heavy atom. The maximum atomic E-state index is 15.7. The van der Waals surface area contributed by atoms with E-state index in [2.05, 4.69) is 15.3 Å². The van der Waals surface area contributed by atoms with E-state index >= 15 is 4.39 Å². The van der Waals surface area contributed by atoms with Gasteiger partial charge in [0.2, 0.25) is 5.91 Å². The van der Waals surface area contributed by atoms with Crippen LogP contribution in [-0.2, 0) is 16.0 Å². The summed E-state index contributed by atoms with van der Waals surface area (Å²) in [6, 6.07) is 12.4. The first-order valence-corrected chi connectivity index (χ1v) is 10.3. The van der Waals surface area contributed by atoms with Crippen LogP contribution in [0.25, 0.3) is 17.3 Å². The van der Waals surface area contributed by atoms with Gasteiger partial charge in [-0.1, -0.05) is 36.4 Å². The molecule has 3 N–H and O–H groups in total. The topological polar surface area (TPSA) is 107 Å². The van der Waals surface area contributed by atoms with Gasteiger partial charge < -0.3 is 10.5 Å². The Morgan fingerprint density at radius 1 is 1.09 bits per heavy atom. The number of hydrogen-bond donors (Lipinski definition) is 2. The number of primary amides is 1. The molecule has 0 saturated carbocycles. The van der Waals surface area contributed by atoms with Gasteiger partial charge in [-0.25, -0.2) is 9.18 Å². The Balaban J connectivity index is 2.10. The second kappa shape index (κ2) is 10.0. The lowest BCUT2D eigenvalue weighted by Gasteiger charge is -2.20. The number of rotatable bonds is 6. The summed E-state index contributed by atoms with van der Waals surface area (Å²) in [4.78, 5) is 32.0. The molecule has 0 aliphatic rings. The fourth-order valence-corrected chi connectivity index (χ4v) is 3.17. The lowest BCUT2D eigenvalue weighted by atomic mass is 9.95. The van der Waals surface area contributed by atoms with Gasteiger partial charge in [0.15, 0.2) is 5.82 Å². The normalized spacial score (nSPS) is 11.4. The van der Waals surface area contributed by atoms with Crippen molar-refractivity contribution < 1.29 is 18.7 Å². The number of halogens is 1. The summed E-state index contributed by atoms with van der Waals surface area (Å²) in [6.07, 6.45) is 5.02. The highest BCUT2D eigenvalue weighted by Crippen LogP contribution is 2.32. The maximum absolute atomic E-state index is 15.7. The van der Waals surface area contributed by atoms with E-state index in [1.54, 1.807) is 26.8 Å². The van der Waals surface area contributed by atoms with Crippen molar-refractivity contribution in [2.75, 3.05) is 5.32 Å². The Bertz CT molecular complexity index is 1190. The van der Waals surface area contributed by atoms with Crippen LogP contribution in [-0.4, -0.2) is 27.6 Å². The molecule has 33 heavy (non-hydrogen) atoms. The van der Waals surface area contributed by atoms with E-state index in [0.717, 1.165) is 5.56 Å². The van der Waals surface area contributed by atoms with Crippen molar-refractivity contribution in [3.05, 3.63) is 83.6 Å². The number of carbonyl (C=O) groups is 2. The molecule has 3 aromatic rings. The minimum Gasteiger partial charge on any atom is -0.444 e. The fraction of sp³-hybridized carbons (Fsp3) is 0.200. The number of benzene rings is 2. The van der Waals surface area contributed by atoms with E-state index < -0.39 is 23.4 Å². The van der Waals surface area contributed by atoms with Gasteiger partial charge in [-0.2, -0.15) is 0 Å². The van der Waals surface area contributed by atoms with E-state index in [-0.39, 0.29) is 12.1 Å². The van der Waals surface area contributed by atoms with Crippen LogP contribution in [0.5, 0.6) is 0 Å². The van der Waals surface area contributed by atoms with Crippen molar-refractivity contribution in [2.24, 2.45) is 5.73 Å². The van der Waals surface area contributed by atoms with Gasteiger partial charge in [-0.15, -0.1) is 0 Å². The number of nitrogens with zero attached hydrogens (tertiary/aromatic N) is 2. The van der Waals surface area contributed by atoms with Crippen LogP contribution < -0.4 is 11.1 Å². The first-order valence-electron chi connectivity index (χ1n) is 10.3. The lowest BCUT2D eigenvalue weighted by Crippen LogP contribution is -2.27. The average Bonchev–Trinajstić information content (AvgIpc) is 2.75. The Kier molecular flexibility index (Phi) is 7.17. The molecule has 1 aromatic heterocycles. The molecule has 1 heterocycles. The highest BCUT2D eigenvalue weighted by atomic mass is 19.1. The monoisotopic (exact) mass is 448 g/mol. The predicted octanol–water partition coefficient (Wildman–Crippen LogP) is 4.72. The smallest absolute Gasteiger partial charge is 0.412 e. The van der Waals surface area contributed by atoms with E-state index in [1.807, 2.05) is 30.3 Å². The highest BCUT2D eigenvalue weighted by molar-refractivity contribution is 5.91. The third-order valence-electron chi connectivity index (χ3n) is 4.49. The van der Waals surface area contributed by atoms with Gasteiger partial charge in [0, 0.05) is 36.0 Å². The first kappa shape index (κ1) is 23.6. The summed E-state index contributed by atoms with van der Waals surface area (Å²) < 4.78 is 21.0. The number of nitrogens with one attached hydrogen (secondary N) is 1. The number of hydrogen-bond acceptors (Lipinski definition) is 5. The lowest BCUT2D eigenvalue weighted by molar-refractivity contribution is -0.113. The quantitative estimate of drug-likeness (QED) is 0.531. The number of aromatic nitrogens is 2. The second-order valence-electron chi connectivity index (χ2n) is 8.27. The molecule has 0 fully saturated rings. The summed E-state index contributed by atoms with van der Waals surface area (Å²) in [6.45, 7) is 5.17. The maximum Gasteiger partial charge on any atom is 0.412 e. The molecule has 0 aliphatic heterocycles. The van der Waals surface area contributed by atoms with Crippen LogP contribution in [0.3, 0.4) is 0 Å². The molecule has 0 spiro atoms. The molecule has 3 rings (SSSR count). The first-order chi connectivity index (χ1) is 15.6. The molecule has 0 radical (unpaired) electrons. The van der Waals surface area contributed by atoms with Crippen molar-refractivity contribution in [1.29, 1.82) is 0 Å².